The second-order valence-corrected chi connectivity index (χ2v) is 32.4. The van der Waals surface area contributed by atoms with Crippen LogP contribution in [0.3, 0.4) is 0 Å². The van der Waals surface area contributed by atoms with Crippen LogP contribution in [0, 0.1) is 0 Å². The molecule has 0 N–H and O–H groups in total. The number of anilines is 15. The van der Waals surface area contributed by atoms with Crippen molar-refractivity contribution in [2.75, 3.05) is 24.5 Å². The predicted molar refractivity (Wildman–Crippen MR) is 407 cm³/mol. The zero-order valence-electron chi connectivity index (χ0n) is 65.0. The van der Waals surface area contributed by atoms with E-state index in [0.717, 1.165) is 151 Å². The van der Waals surface area contributed by atoms with Crippen LogP contribution in [0.1, 0.15) is 143 Å². The van der Waals surface area contributed by atoms with E-state index in [1.54, 1.807) is 24.3 Å². The smallest absolute Gasteiger partial charge is 0.252 e. The maximum absolute atomic E-state index is 9.61. The van der Waals surface area contributed by atoms with Crippen molar-refractivity contribution in [3.63, 3.8) is 0 Å². The summed E-state index contributed by atoms with van der Waals surface area (Å²) >= 11 is 0. The third-order valence-electron chi connectivity index (χ3n) is 21.3. The molecule has 0 amide bonds. The van der Waals surface area contributed by atoms with Crippen LogP contribution in [0.4, 0.5) is 85.3 Å². The largest absolute Gasteiger partial charge is 0.452 e. The van der Waals surface area contributed by atoms with Crippen LogP contribution in [-0.2, 0) is 27.1 Å². The van der Waals surface area contributed by atoms with Gasteiger partial charge in [-0.05, 0) is 178 Å². The molecule has 0 radical (unpaired) electrons. The Morgan fingerprint density at radius 3 is 0.937 bits per heavy atom. The number of rotatable bonds is 4. The summed E-state index contributed by atoms with van der Waals surface area (Å²) in [6.07, 6.45) is 0. The van der Waals surface area contributed by atoms with E-state index in [9.17, 15) is 11.0 Å². The van der Waals surface area contributed by atoms with Crippen LogP contribution in [0.5, 0.6) is 11.5 Å². The highest BCUT2D eigenvalue weighted by Gasteiger charge is 2.57. The van der Waals surface area contributed by atoms with Crippen LogP contribution in [0.25, 0.3) is 0 Å². The highest BCUT2D eigenvalue weighted by Crippen LogP contribution is 2.60. The van der Waals surface area contributed by atoms with Gasteiger partial charge in [-0.2, -0.15) is 0 Å². The van der Waals surface area contributed by atoms with E-state index >= 15 is 0 Å². The molecule has 464 valence electrons. The van der Waals surface area contributed by atoms with Gasteiger partial charge >= 0.3 is 0 Å². The minimum atomic E-state index is -0.486. The van der Waals surface area contributed by atoms with Crippen molar-refractivity contribution in [3.8, 4) is 11.5 Å². The van der Waals surface area contributed by atoms with Crippen LogP contribution in [-0.4, -0.2) is 20.1 Å². The molecular weight excluding hydrogens is 1150 g/mol. The fourth-order valence-corrected chi connectivity index (χ4v) is 16.8. The molecule has 11 aromatic carbocycles. The molecule has 7 aliphatic heterocycles. The molecule has 95 heavy (non-hydrogen) atoms. The maximum Gasteiger partial charge on any atom is 0.252 e. The first-order chi connectivity index (χ1) is 48.5. The van der Waals surface area contributed by atoms with Gasteiger partial charge in [0.1, 0.15) is 0 Å². The Hall–Kier alpha value is -9.59. The van der Waals surface area contributed by atoms with Crippen LogP contribution >= 0.6 is 0 Å². The molecule has 7 aliphatic rings. The van der Waals surface area contributed by atoms with Crippen molar-refractivity contribution < 1.29 is 15.7 Å². The lowest BCUT2D eigenvalue weighted by Gasteiger charge is -2.53. The number of hydrogen-bond acceptors (Lipinski definition) is 6. The van der Waals surface area contributed by atoms with Gasteiger partial charge < -0.3 is 29.2 Å². The summed E-state index contributed by atoms with van der Waals surface area (Å²) in [6, 6.07) is 57.8. The minimum absolute atomic E-state index is 0.184. The van der Waals surface area contributed by atoms with Crippen molar-refractivity contribution >= 4 is 155 Å². The zero-order valence-corrected chi connectivity index (χ0v) is 57.0. The van der Waals surface area contributed by atoms with E-state index in [1.807, 2.05) is 48.5 Å². The predicted octanol–water partition coefficient (Wildman–Crippen LogP) is 17.1. The van der Waals surface area contributed by atoms with Gasteiger partial charge in [0.15, 0.2) is 11.5 Å². The van der Waals surface area contributed by atoms with Gasteiger partial charge in [0.25, 0.3) is 20.1 Å². The fraction of sp³-hybridized carbons (Fsp3) is 0.233. The Morgan fingerprint density at radius 1 is 0.274 bits per heavy atom. The van der Waals surface area contributed by atoms with Gasteiger partial charge in [0.05, 0.1) is 22.3 Å². The van der Waals surface area contributed by atoms with Crippen LogP contribution in [0.2, 0.25) is 0 Å². The summed E-state index contributed by atoms with van der Waals surface area (Å²) in [7, 11) is 0. The SMILES string of the molecule is [2H]c1cc([2H])cc(N2c3cc(C(C)(C)C)ccc3B3c4cc5c(cc4N(c4cc([2H])cc([2H])c4)c4cc(C(C)(C)C)cc2c43)N(c2cc([2H])cc([2H])c2)c2cc3c4c6c2B5c2ccc(C(C)(C)C)c5c2N6c2c(ccc(C(C)(C)C)c2O5)B4c2ccc(C(C)(C)C)cc2N3c2cc([2H])cc([2H])c2)c1. The summed E-state index contributed by atoms with van der Waals surface area (Å²) < 4.78 is 83.2. The van der Waals surface area contributed by atoms with Crippen LogP contribution < -0.4 is 78.4 Å². The van der Waals surface area contributed by atoms with E-state index < -0.39 is 18.8 Å². The molecule has 0 bridgehead atoms. The standard InChI is InChI=1S/C86H80B3N5O/c1-82(2,3)51-36-40-60-66(44-51)91(55-30-22-17-23-31-55)72-50-73-76-79-75(72)87(60)62-42-38-58(85(10,11)12)80-77(62)94(79)78-63(43-39-59(81(78)95-80)86(13,14)15)89(76)65-48-64-68(49-69(65)93(73)57-34-26-19-27-35-57)92(56-32-24-18-25-33-56)71-47-53(84(7,8)9)46-70-74(71)88(64)61-41-37-52(83(4,5)6)45-67(61)90(70)54-28-20-16-21-29-54/h16-50H,1-15H3/i20D,21D,22D,23D,24D,25D,26D,27D. The summed E-state index contributed by atoms with van der Waals surface area (Å²) in [5, 5.41) is 0. The van der Waals surface area contributed by atoms with Gasteiger partial charge in [-0.1, -0.05) is 231 Å². The molecular formula is C86H80B3N5O. The Balaban J connectivity index is 1.04. The molecule has 0 atom stereocenters. The quantitative estimate of drug-likeness (QED) is 0.163. The van der Waals surface area contributed by atoms with E-state index in [-0.39, 0.29) is 76.7 Å². The first-order valence-electron chi connectivity index (χ1n) is 37.7. The zero-order chi connectivity index (χ0) is 72.4. The minimum Gasteiger partial charge on any atom is -0.452 e. The lowest BCUT2D eigenvalue weighted by Crippen LogP contribution is -2.70. The number of para-hydroxylation sites is 4. The summed E-state index contributed by atoms with van der Waals surface area (Å²) in [5.74, 6) is 1.63. The Bertz CT molecular complexity index is 5580. The Kier molecular flexibility index (Phi) is 10.3. The van der Waals surface area contributed by atoms with Crippen molar-refractivity contribution in [1.82, 2.24) is 0 Å². The highest BCUT2D eigenvalue weighted by atomic mass is 16.5. The van der Waals surface area contributed by atoms with Crippen molar-refractivity contribution in [1.29, 1.82) is 0 Å². The van der Waals surface area contributed by atoms with E-state index in [4.69, 9.17) is 4.74 Å². The van der Waals surface area contributed by atoms with Gasteiger partial charge in [0, 0.05) is 85.1 Å². The molecule has 18 rings (SSSR count). The Labute approximate surface area is 574 Å². The molecule has 0 saturated carbocycles. The van der Waals surface area contributed by atoms with Crippen molar-refractivity contribution in [2.45, 2.75) is 131 Å². The highest BCUT2D eigenvalue weighted by molar-refractivity contribution is 7.06. The summed E-state index contributed by atoms with van der Waals surface area (Å²) in [6.45, 7) is 32.5. The molecule has 7 heterocycles. The van der Waals surface area contributed by atoms with E-state index in [0.29, 0.717) is 22.7 Å². The average molecular weight is 1240 g/mol. The molecule has 0 fully saturated rings. The van der Waals surface area contributed by atoms with Gasteiger partial charge in [-0.25, -0.2) is 0 Å². The molecule has 0 aliphatic carbocycles. The second kappa shape index (κ2) is 19.5. The summed E-state index contributed by atoms with van der Waals surface area (Å²) in [5.41, 5.74) is 26.0. The molecule has 0 aromatic heterocycles. The third-order valence-corrected chi connectivity index (χ3v) is 21.3. The van der Waals surface area contributed by atoms with Crippen LogP contribution in [0.15, 0.2) is 212 Å². The van der Waals surface area contributed by atoms with E-state index in [1.165, 1.54) is 0 Å². The first kappa shape index (κ1) is 49.9. The van der Waals surface area contributed by atoms with Gasteiger partial charge in [0.2, 0.25) is 0 Å². The van der Waals surface area contributed by atoms with Gasteiger partial charge in [-0.3, -0.25) is 0 Å². The monoisotopic (exact) mass is 1240 g/mol. The molecule has 0 saturated heterocycles. The number of benzene rings is 11. The summed E-state index contributed by atoms with van der Waals surface area (Å²) in [4.78, 5) is 11.7. The molecule has 9 heteroatoms. The number of nitrogens with zero attached hydrogens (tertiary/aromatic N) is 5. The van der Waals surface area contributed by atoms with E-state index in [2.05, 4.69) is 219 Å². The van der Waals surface area contributed by atoms with Crippen molar-refractivity contribution in [3.05, 3.63) is 240 Å². The lowest BCUT2D eigenvalue weighted by atomic mass is 9.27. The Morgan fingerprint density at radius 2 is 0.579 bits per heavy atom. The number of fused-ring (bicyclic) bond motifs is 10. The lowest BCUT2D eigenvalue weighted by molar-refractivity contribution is 0.433. The fourth-order valence-electron chi connectivity index (χ4n) is 16.8. The first-order valence-corrected chi connectivity index (χ1v) is 33.7. The topological polar surface area (TPSA) is 25.4 Å². The average Bonchev–Trinajstić information content (AvgIpc) is 0.658. The molecule has 0 spiro atoms. The number of hydrogen-bond donors (Lipinski definition) is 0. The third kappa shape index (κ3) is 8.20. The normalized spacial score (nSPS) is 16.2. The number of ether oxygens (including phenoxy) is 1. The second-order valence-electron chi connectivity index (χ2n) is 32.4. The maximum atomic E-state index is 9.61. The molecule has 6 nitrogen and oxygen atoms in total. The molecule has 11 aromatic rings. The molecule has 0 unspecified atom stereocenters. The van der Waals surface area contributed by atoms with Crippen molar-refractivity contribution in [2.24, 2.45) is 0 Å². The van der Waals surface area contributed by atoms with Gasteiger partial charge in [-0.15, -0.1) is 0 Å².